The first kappa shape index (κ1) is 13.7. The molecular formula is C14H21NO2. The van der Waals surface area contributed by atoms with Crippen molar-refractivity contribution in [3.63, 3.8) is 0 Å². The highest BCUT2D eigenvalue weighted by molar-refractivity contribution is 5.74. The van der Waals surface area contributed by atoms with Gasteiger partial charge in [0.1, 0.15) is 0 Å². The summed E-state index contributed by atoms with van der Waals surface area (Å²) in [6.45, 7) is 1.92. The van der Waals surface area contributed by atoms with E-state index < -0.39 is 11.4 Å². The predicted octanol–water partition coefficient (Wildman–Crippen LogP) is 2.45. The first-order valence-corrected chi connectivity index (χ1v) is 6.06. The Morgan fingerprint density at radius 1 is 1.29 bits per heavy atom. The molecule has 0 fully saturated rings. The molecule has 1 aromatic rings. The van der Waals surface area contributed by atoms with Gasteiger partial charge in [-0.25, -0.2) is 0 Å². The van der Waals surface area contributed by atoms with Crippen molar-refractivity contribution in [1.82, 2.24) is 0 Å². The van der Waals surface area contributed by atoms with Crippen LogP contribution in [0.5, 0.6) is 0 Å². The molecule has 0 aliphatic heterocycles. The molecule has 0 saturated carbocycles. The van der Waals surface area contributed by atoms with Crippen LogP contribution in [-0.2, 0) is 11.2 Å². The Kier molecular flexibility index (Phi) is 5.16. The smallest absolute Gasteiger partial charge is 0.310 e. The number of benzene rings is 1. The molecule has 1 atom stereocenters. The number of carbonyl (C=O) groups is 1. The number of aryl methyl sites for hydroxylation is 1. The highest BCUT2D eigenvalue weighted by Crippen LogP contribution is 2.23. The summed E-state index contributed by atoms with van der Waals surface area (Å²) < 4.78 is 0. The standard InChI is InChI=1S/C14H21NO2/c1-14(11-15,13(16)17)10-6-5-9-12-7-3-2-4-8-12/h2-4,7-8H,5-6,9-11,15H2,1H3,(H,16,17). The largest absolute Gasteiger partial charge is 0.481 e. The molecule has 1 aromatic carbocycles. The van der Waals surface area contributed by atoms with Crippen LogP contribution in [0.25, 0.3) is 0 Å². The van der Waals surface area contributed by atoms with Crippen LogP contribution >= 0.6 is 0 Å². The van der Waals surface area contributed by atoms with E-state index in [0.717, 1.165) is 19.3 Å². The number of carboxylic acids is 1. The molecule has 0 radical (unpaired) electrons. The van der Waals surface area contributed by atoms with Crippen LogP contribution in [0.15, 0.2) is 30.3 Å². The number of rotatable bonds is 7. The van der Waals surface area contributed by atoms with Crippen LogP contribution in [0, 0.1) is 5.41 Å². The quantitative estimate of drug-likeness (QED) is 0.713. The summed E-state index contributed by atoms with van der Waals surface area (Å²) in [6, 6.07) is 10.2. The third-order valence-corrected chi connectivity index (χ3v) is 3.25. The Labute approximate surface area is 103 Å². The lowest BCUT2D eigenvalue weighted by atomic mass is 9.84. The maximum atomic E-state index is 11.0. The minimum atomic E-state index is -0.792. The van der Waals surface area contributed by atoms with E-state index in [-0.39, 0.29) is 6.54 Å². The first-order valence-electron chi connectivity index (χ1n) is 6.06. The molecule has 3 N–H and O–H groups in total. The molecule has 17 heavy (non-hydrogen) atoms. The summed E-state index contributed by atoms with van der Waals surface area (Å²) in [6.07, 6.45) is 3.55. The average molecular weight is 235 g/mol. The van der Waals surface area contributed by atoms with Gasteiger partial charge in [-0.15, -0.1) is 0 Å². The molecule has 1 unspecified atom stereocenters. The van der Waals surface area contributed by atoms with E-state index in [1.165, 1.54) is 5.56 Å². The fraction of sp³-hybridized carbons (Fsp3) is 0.500. The second-order valence-electron chi connectivity index (χ2n) is 4.76. The molecule has 3 nitrogen and oxygen atoms in total. The van der Waals surface area contributed by atoms with E-state index in [1.807, 2.05) is 18.2 Å². The number of nitrogens with two attached hydrogens (primary N) is 1. The molecule has 0 saturated heterocycles. The highest BCUT2D eigenvalue weighted by Gasteiger charge is 2.30. The number of unbranched alkanes of at least 4 members (excludes halogenated alkanes) is 1. The van der Waals surface area contributed by atoms with Crippen molar-refractivity contribution < 1.29 is 9.90 Å². The van der Waals surface area contributed by atoms with Gasteiger partial charge in [-0.2, -0.15) is 0 Å². The van der Waals surface area contributed by atoms with Gasteiger partial charge in [-0.3, -0.25) is 4.79 Å². The Morgan fingerprint density at radius 2 is 1.94 bits per heavy atom. The zero-order chi connectivity index (χ0) is 12.7. The van der Waals surface area contributed by atoms with Gasteiger partial charge in [0.15, 0.2) is 0 Å². The molecule has 0 amide bonds. The SMILES string of the molecule is CC(CN)(CCCCc1ccccc1)C(=O)O. The van der Waals surface area contributed by atoms with Crippen LogP contribution in [0.1, 0.15) is 31.7 Å². The zero-order valence-electron chi connectivity index (χ0n) is 10.4. The van der Waals surface area contributed by atoms with E-state index in [1.54, 1.807) is 6.92 Å². The Bertz CT molecular complexity index is 350. The summed E-state index contributed by atoms with van der Waals surface area (Å²) in [5.41, 5.74) is 6.06. The summed E-state index contributed by atoms with van der Waals surface area (Å²) in [5.74, 6) is -0.792. The molecule has 1 rings (SSSR count). The van der Waals surface area contributed by atoms with Crippen molar-refractivity contribution in [2.75, 3.05) is 6.54 Å². The van der Waals surface area contributed by atoms with Crippen molar-refractivity contribution in [2.45, 2.75) is 32.6 Å². The second-order valence-corrected chi connectivity index (χ2v) is 4.76. The van der Waals surface area contributed by atoms with Gasteiger partial charge in [0.25, 0.3) is 0 Å². The fourth-order valence-corrected chi connectivity index (χ4v) is 1.79. The van der Waals surface area contributed by atoms with Crippen LogP contribution < -0.4 is 5.73 Å². The minimum Gasteiger partial charge on any atom is -0.481 e. The molecule has 94 valence electrons. The van der Waals surface area contributed by atoms with E-state index in [9.17, 15) is 4.79 Å². The average Bonchev–Trinajstić information content (AvgIpc) is 2.35. The van der Waals surface area contributed by atoms with Gasteiger partial charge < -0.3 is 10.8 Å². The van der Waals surface area contributed by atoms with E-state index in [0.29, 0.717) is 6.42 Å². The van der Waals surface area contributed by atoms with Gasteiger partial charge in [0.2, 0.25) is 0 Å². The van der Waals surface area contributed by atoms with Crippen molar-refractivity contribution in [3.8, 4) is 0 Å². The Balaban J connectivity index is 2.31. The molecule has 0 aromatic heterocycles. The summed E-state index contributed by atoms with van der Waals surface area (Å²) in [4.78, 5) is 11.0. The van der Waals surface area contributed by atoms with Crippen molar-refractivity contribution in [2.24, 2.45) is 11.1 Å². The molecule has 3 heteroatoms. The van der Waals surface area contributed by atoms with Crippen molar-refractivity contribution in [1.29, 1.82) is 0 Å². The third-order valence-electron chi connectivity index (χ3n) is 3.25. The van der Waals surface area contributed by atoms with Crippen LogP contribution in [0.2, 0.25) is 0 Å². The predicted molar refractivity (Wildman–Crippen MR) is 68.8 cm³/mol. The second kappa shape index (κ2) is 6.40. The van der Waals surface area contributed by atoms with Crippen LogP contribution in [0.3, 0.4) is 0 Å². The number of hydrogen-bond acceptors (Lipinski definition) is 2. The summed E-state index contributed by atoms with van der Waals surface area (Å²) >= 11 is 0. The molecule has 0 aliphatic rings. The van der Waals surface area contributed by atoms with Gasteiger partial charge in [-0.05, 0) is 31.7 Å². The zero-order valence-corrected chi connectivity index (χ0v) is 10.4. The topological polar surface area (TPSA) is 63.3 Å². The minimum absolute atomic E-state index is 0.202. The number of hydrogen-bond donors (Lipinski definition) is 2. The molecule has 0 spiro atoms. The van der Waals surface area contributed by atoms with E-state index in [4.69, 9.17) is 10.8 Å². The molecule has 0 bridgehead atoms. The lowest BCUT2D eigenvalue weighted by Crippen LogP contribution is -2.35. The fourth-order valence-electron chi connectivity index (χ4n) is 1.79. The molecule has 0 heterocycles. The maximum absolute atomic E-state index is 11.0. The van der Waals surface area contributed by atoms with Gasteiger partial charge in [-0.1, -0.05) is 36.8 Å². The maximum Gasteiger partial charge on any atom is 0.310 e. The van der Waals surface area contributed by atoms with Crippen molar-refractivity contribution in [3.05, 3.63) is 35.9 Å². The third kappa shape index (κ3) is 4.19. The number of aliphatic carboxylic acids is 1. The number of carboxylic acid groups (broad SMARTS) is 1. The van der Waals surface area contributed by atoms with Crippen LogP contribution in [0.4, 0.5) is 0 Å². The highest BCUT2D eigenvalue weighted by atomic mass is 16.4. The Hall–Kier alpha value is -1.35. The van der Waals surface area contributed by atoms with Crippen LogP contribution in [-0.4, -0.2) is 17.6 Å². The Morgan fingerprint density at radius 3 is 2.47 bits per heavy atom. The lowest BCUT2D eigenvalue weighted by molar-refractivity contribution is -0.147. The molecular weight excluding hydrogens is 214 g/mol. The summed E-state index contributed by atoms with van der Waals surface area (Å²) in [5, 5.41) is 9.07. The lowest BCUT2D eigenvalue weighted by Gasteiger charge is -2.22. The van der Waals surface area contributed by atoms with Gasteiger partial charge in [0.05, 0.1) is 5.41 Å². The van der Waals surface area contributed by atoms with E-state index in [2.05, 4.69) is 12.1 Å². The molecule has 0 aliphatic carbocycles. The van der Waals surface area contributed by atoms with E-state index >= 15 is 0 Å². The van der Waals surface area contributed by atoms with Crippen molar-refractivity contribution >= 4 is 5.97 Å². The van der Waals surface area contributed by atoms with Gasteiger partial charge >= 0.3 is 5.97 Å². The summed E-state index contributed by atoms with van der Waals surface area (Å²) in [7, 11) is 0. The normalized spacial score (nSPS) is 14.2. The first-order chi connectivity index (χ1) is 8.08. The monoisotopic (exact) mass is 235 g/mol. The van der Waals surface area contributed by atoms with Gasteiger partial charge in [0, 0.05) is 6.54 Å².